The van der Waals surface area contributed by atoms with Crippen LogP contribution in [0.5, 0.6) is 0 Å². The number of ether oxygens (including phenoxy) is 2. The van der Waals surface area contributed by atoms with Gasteiger partial charge in [0.2, 0.25) is 11.8 Å². The Morgan fingerprint density at radius 3 is 2.22 bits per heavy atom. The normalized spacial score (nSPS) is 13.2. The monoisotopic (exact) mass is 507 g/mol. The summed E-state index contributed by atoms with van der Waals surface area (Å²) in [5.74, 6) is -1.62. The fraction of sp³-hybridized carbons (Fsp3) is 0.615. The fourth-order valence-electron chi connectivity index (χ4n) is 3.52. The van der Waals surface area contributed by atoms with Crippen LogP contribution in [0.1, 0.15) is 72.1 Å². The van der Waals surface area contributed by atoms with E-state index < -0.39 is 53.7 Å². The van der Waals surface area contributed by atoms with Crippen molar-refractivity contribution in [2.45, 2.75) is 85.0 Å². The van der Waals surface area contributed by atoms with Gasteiger partial charge in [0.25, 0.3) is 0 Å². The molecule has 0 radical (unpaired) electrons. The van der Waals surface area contributed by atoms with E-state index in [1.165, 1.54) is 4.90 Å². The standard InChI is InChI=1S/C26H41N3O7/c1-9-35-20(31)13-14-27-22(32)21(18-12-10-11-17(2)15-18)29(25(3,4)5)23(33)19(16-30)28-24(34)36-26(6,7)8/h10-12,15,19,21,30H,9,13-14,16H2,1-8H3,(H,27,32)(H,28,34). The average Bonchev–Trinajstić information content (AvgIpc) is 2.73. The second kappa shape index (κ2) is 13.2. The van der Waals surface area contributed by atoms with Crippen LogP contribution in [0.3, 0.4) is 0 Å². The SMILES string of the molecule is CCOC(=O)CCNC(=O)C(c1cccc(C)c1)N(C(=O)C(CO)NC(=O)OC(C)(C)C)C(C)(C)C. The molecule has 1 aromatic carbocycles. The summed E-state index contributed by atoms with van der Waals surface area (Å²) in [6.07, 6.45) is -0.891. The first-order chi connectivity index (χ1) is 16.6. The quantitative estimate of drug-likeness (QED) is 0.415. The highest BCUT2D eigenvalue weighted by Gasteiger charge is 2.41. The third kappa shape index (κ3) is 9.85. The molecule has 0 aliphatic carbocycles. The lowest BCUT2D eigenvalue weighted by atomic mass is 9.94. The number of aliphatic hydroxyl groups is 1. The van der Waals surface area contributed by atoms with Crippen LogP contribution in [-0.4, -0.2) is 70.8 Å². The van der Waals surface area contributed by atoms with E-state index in [9.17, 15) is 24.3 Å². The van der Waals surface area contributed by atoms with Crippen LogP contribution in [0.2, 0.25) is 0 Å². The number of rotatable bonds is 10. The summed E-state index contributed by atoms with van der Waals surface area (Å²) in [6.45, 7) is 13.4. The summed E-state index contributed by atoms with van der Waals surface area (Å²) >= 11 is 0. The van der Waals surface area contributed by atoms with E-state index in [2.05, 4.69) is 10.6 Å². The summed E-state index contributed by atoms with van der Waals surface area (Å²) in [7, 11) is 0. The molecule has 36 heavy (non-hydrogen) atoms. The first kappa shape index (κ1) is 30.9. The molecule has 3 amide bonds. The largest absolute Gasteiger partial charge is 0.466 e. The van der Waals surface area contributed by atoms with E-state index in [0.29, 0.717) is 5.56 Å². The van der Waals surface area contributed by atoms with Gasteiger partial charge in [0.05, 0.1) is 19.6 Å². The number of amides is 3. The number of esters is 1. The van der Waals surface area contributed by atoms with E-state index >= 15 is 0 Å². The number of nitrogens with zero attached hydrogens (tertiary/aromatic N) is 1. The molecule has 0 saturated carbocycles. The first-order valence-corrected chi connectivity index (χ1v) is 12.0. The van der Waals surface area contributed by atoms with Crippen LogP contribution in [0, 0.1) is 6.92 Å². The summed E-state index contributed by atoms with van der Waals surface area (Å²) in [5, 5.41) is 15.1. The van der Waals surface area contributed by atoms with Crippen LogP contribution < -0.4 is 10.6 Å². The summed E-state index contributed by atoms with van der Waals surface area (Å²) in [5.41, 5.74) is -0.281. The van der Waals surface area contributed by atoms with Gasteiger partial charge in [0.1, 0.15) is 17.7 Å². The molecule has 2 unspecified atom stereocenters. The molecule has 0 fully saturated rings. The van der Waals surface area contributed by atoms with Crippen molar-refractivity contribution in [3.05, 3.63) is 35.4 Å². The Hall–Kier alpha value is -3.14. The van der Waals surface area contributed by atoms with Crippen molar-refractivity contribution in [2.24, 2.45) is 0 Å². The lowest BCUT2D eigenvalue weighted by Gasteiger charge is -2.42. The van der Waals surface area contributed by atoms with Gasteiger partial charge in [0.15, 0.2) is 0 Å². The Balaban J connectivity index is 3.37. The van der Waals surface area contributed by atoms with E-state index in [-0.39, 0.29) is 19.6 Å². The number of hydrogen-bond donors (Lipinski definition) is 3. The Morgan fingerprint density at radius 2 is 1.72 bits per heavy atom. The molecule has 202 valence electrons. The van der Waals surface area contributed by atoms with Crippen molar-refractivity contribution in [1.29, 1.82) is 0 Å². The number of hydrogen-bond acceptors (Lipinski definition) is 7. The Labute approximate surface area is 213 Å². The first-order valence-electron chi connectivity index (χ1n) is 12.0. The van der Waals surface area contributed by atoms with Crippen molar-refractivity contribution >= 4 is 23.9 Å². The smallest absolute Gasteiger partial charge is 0.408 e. The lowest BCUT2D eigenvalue weighted by Crippen LogP contribution is -2.59. The van der Waals surface area contributed by atoms with Crippen LogP contribution in [0.4, 0.5) is 4.79 Å². The molecule has 0 aliphatic rings. The molecule has 1 aromatic rings. The maximum atomic E-state index is 13.7. The summed E-state index contributed by atoms with van der Waals surface area (Å²) < 4.78 is 10.1. The molecular formula is C26H41N3O7. The molecule has 0 aromatic heterocycles. The molecule has 0 spiro atoms. The maximum Gasteiger partial charge on any atom is 0.408 e. The average molecular weight is 508 g/mol. The second-order valence-corrected chi connectivity index (χ2v) is 10.4. The minimum Gasteiger partial charge on any atom is -0.466 e. The van der Waals surface area contributed by atoms with Gasteiger partial charge in [-0.15, -0.1) is 0 Å². The van der Waals surface area contributed by atoms with Crippen molar-refractivity contribution in [3.63, 3.8) is 0 Å². The van der Waals surface area contributed by atoms with Crippen LogP contribution in [-0.2, 0) is 23.9 Å². The zero-order valence-corrected chi connectivity index (χ0v) is 22.6. The molecule has 10 heteroatoms. The van der Waals surface area contributed by atoms with Crippen molar-refractivity contribution in [3.8, 4) is 0 Å². The van der Waals surface area contributed by atoms with E-state index in [1.807, 2.05) is 13.0 Å². The minimum absolute atomic E-state index is 0.0196. The molecule has 10 nitrogen and oxygen atoms in total. The Kier molecular flexibility index (Phi) is 11.4. The van der Waals surface area contributed by atoms with Gasteiger partial charge < -0.3 is 30.1 Å². The Bertz CT molecular complexity index is 919. The van der Waals surface area contributed by atoms with Gasteiger partial charge in [-0.05, 0) is 61.0 Å². The number of benzene rings is 1. The molecule has 3 N–H and O–H groups in total. The van der Waals surface area contributed by atoms with Gasteiger partial charge in [-0.3, -0.25) is 14.4 Å². The van der Waals surface area contributed by atoms with Crippen molar-refractivity contribution < 1.29 is 33.8 Å². The third-order valence-corrected chi connectivity index (χ3v) is 4.93. The lowest BCUT2D eigenvalue weighted by molar-refractivity contribution is -0.149. The third-order valence-electron chi connectivity index (χ3n) is 4.93. The minimum atomic E-state index is -1.35. The highest BCUT2D eigenvalue weighted by atomic mass is 16.6. The molecule has 0 bridgehead atoms. The molecule has 0 saturated heterocycles. The number of alkyl carbamates (subject to hydrolysis) is 1. The summed E-state index contributed by atoms with van der Waals surface area (Å²) in [6, 6.07) is 4.70. The van der Waals surface area contributed by atoms with Gasteiger partial charge >= 0.3 is 12.1 Å². The van der Waals surface area contributed by atoms with Crippen LogP contribution >= 0.6 is 0 Å². The van der Waals surface area contributed by atoms with Crippen LogP contribution in [0.25, 0.3) is 0 Å². The Morgan fingerprint density at radius 1 is 1.08 bits per heavy atom. The number of nitrogens with one attached hydrogen (secondary N) is 2. The van der Waals surface area contributed by atoms with Gasteiger partial charge in [-0.25, -0.2) is 4.79 Å². The predicted octanol–water partition coefficient (Wildman–Crippen LogP) is 2.62. The topological polar surface area (TPSA) is 134 Å². The van der Waals surface area contributed by atoms with E-state index in [1.54, 1.807) is 66.7 Å². The molecule has 1 rings (SSSR count). The maximum absolute atomic E-state index is 13.7. The summed E-state index contributed by atoms with van der Waals surface area (Å²) in [4.78, 5) is 52.6. The zero-order chi connectivity index (χ0) is 27.7. The highest BCUT2D eigenvalue weighted by molar-refractivity contribution is 5.92. The number of carbonyl (C=O) groups is 4. The molecule has 2 atom stereocenters. The molecular weight excluding hydrogens is 466 g/mol. The van der Waals surface area contributed by atoms with Gasteiger partial charge in [0, 0.05) is 12.1 Å². The van der Waals surface area contributed by atoms with E-state index in [0.717, 1.165) is 5.56 Å². The van der Waals surface area contributed by atoms with Crippen molar-refractivity contribution in [2.75, 3.05) is 19.8 Å². The van der Waals surface area contributed by atoms with Gasteiger partial charge in [-0.2, -0.15) is 0 Å². The van der Waals surface area contributed by atoms with Crippen LogP contribution in [0.15, 0.2) is 24.3 Å². The highest BCUT2D eigenvalue weighted by Crippen LogP contribution is 2.30. The number of aryl methyl sites for hydroxylation is 1. The second-order valence-electron chi connectivity index (χ2n) is 10.4. The number of carbonyl (C=O) groups excluding carboxylic acids is 4. The molecule has 0 heterocycles. The fourth-order valence-corrected chi connectivity index (χ4v) is 3.52. The van der Waals surface area contributed by atoms with E-state index in [4.69, 9.17) is 9.47 Å². The zero-order valence-electron chi connectivity index (χ0n) is 22.6. The van der Waals surface area contributed by atoms with Gasteiger partial charge in [-0.1, -0.05) is 29.8 Å². The van der Waals surface area contributed by atoms with Crippen molar-refractivity contribution in [1.82, 2.24) is 15.5 Å². The molecule has 0 aliphatic heterocycles. The number of aliphatic hydroxyl groups excluding tert-OH is 1. The predicted molar refractivity (Wildman–Crippen MR) is 135 cm³/mol.